The first-order chi connectivity index (χ1) is 11.6. The number of hydrogen-bond acceptors (Lipinski definition) is 5. The predicted octanol–water partition coefficient (Wildman–Crippen LogP) is 0.947. The fourth-order valence-electron chi connectivity index (χ4n) is 3.70. The van der Waals surface area contributed by atoms with Crippen LogP contribution in [0.25, 0.3) is 0 Å². The van der Waals surface area contributed by atoms with Crippen molar-refractivity contribution in [3.8, 4) is 0 Å². The minimum absolute atomic E-state index is 0.301. The molecule has 0 unspecified atom stereocenters. The first kappa shape index (κ1) is 17.4. The van der Waals surface area contributed by atoms with E-state index in [1.165, 1.54) is 0 Å². The third kappa shape index (κ3) is 3.78. The summed E-state index contributed by atoms with van der Waals surface area (Å²) in [5.41, 5.74) is 5.91. The van der Waals surface area contributed by atoms with Crippen LogP contribution in [0.1, 0.15) is 56.6 Å². The molecule has 2 fully saturated rings. The van der Waals surface area contributed by atoms with Gasteiger partial charge in [-0.05, 0) is 39.7 Å². The molecule has 134 valence electrons. The standard InChI is InChI=1S/C17H30N6O/c1-3-23-15(19-20-17(23)13-10-14(18)11-13)12-21(2)8-9-22-7-5-4-6-16(22)24/h13-14H,3-12,18H2,1-2H3. The van der Waals surface area contributed by atoms with Gasteiger partial charge in [0.05, 0.1) is 6.54 Å². The van der Waals surface area contributed by atoms with Crippen LogP contribution in [0.3, 0.4) is 0 Å². The highest BCUT2D eigenvalue weighted by Gasteiger charge is 2.32. The Labute approximate surface area is 144 Å². The van der Waals surface area contributed by atoms with Crippen molar-refractivity contribution in [2.24, 2.45) is 5.73 Å². The Morgan fingerprint density at radius 3 is 2.75 bits per heavy atom. The number of carbonyl (C=O) groups excluding carboxylic acids is 1. The lowest BCUT2D eigenvalue weighted by molar-refractivity contribution is -0.133. The summed E-state index contributed by atoms with van der Waals surface area (Å²) >= 11 is 0. The lowest BCUT2D eigenvalue weighted by Crippen LogP contribution is -2.40. The highest BCUT2D eigenvalue weighted by molar-refractivity contribution is 5.76. The number of hydrogen-bond donors (Lipinski definition) is 1. The first-order valence-electron chi connectivity index (χ1n) is 9.22. The zero-order chi connectivity index (χ0) is 17.1. The van der Waals surface area contributed by atoms with Crippen LogP contribution < -0.4 is 5.73 Å². The van der Waals surface area contributed by atoms with E-state index in [0.717, 1.165) is 70.1 Å². The number of likely N-dealkylation sites (tertiary alicyclic amines) is 1. The zero-order valence-corrected chi connectivity index (χ0v) is 14.9. The van der Waals surface area contributed by atoms with Gasteiger partial charge in [-0.15, -0.1) is 10.2 Å². The van der Waals surface area contributed by atoms with Crippen molar-refractivity contribution in [2.75, 3.05) is 26.7 Å². The van der Waals surface area contributed by atoms with Crippen LogP contribution in [-0.2, 0) is 17.9 Å². The lowest BCUT2D eigenvalue weighted by Gasteiger charge is -2.32. The summed E-state index contributed by atoms with van der Waals surface area (Å²) in [6.45, 7) is 6.38. The minimum atomic E-state index is 0.301. The van der Waals surface area contributed by atoms with Gasteiger partial charge in [-0.25, -0.2) is 0 Å². The summed E-state index contributed by atoms with van der Waals surface area (Å²) in [5, 5.41) is 8.84. The second kappa shape index (κ2) is 7.61. The Morgan fingerprint density at radius 1 is 1.29 bits per heavy atom. The van der Waals surface area contributed by atoms with Crippen LogP contribution in [0.4, 0.5) is 0 Å². The molecule has 1 saturated heterocycles. The molecule has 24 heavy (non-hydrogen) atoms. The summed E-state index contributed by atoms with van der Waals surface area (Å²) < 4.78 is 2.24. The van der Waals surface area contributed by atoms with Crippen LogP contribution in [0.5, 0.6) is 0 Å². The Kier molecular flexibility index (Phi) is 5.50. The summed E-state index contributed by atoms with van der Waals surface area (Å²) in [5.74, 6) is 2.88. The molecule has 1 amide bonds. The van der Waals surface area contributed by atoms with E-state index in [1.54, 1.807) is 0 Å². The smallest absolute Gasteiger partial charge is 0.222 e. The number of rotatable bonds is 7. The highest BCUT2D eigenvalue weighted by Crippen LogP contribution is 2.34. The molecule has 2 aliphatic rings. The van der Waals surface area contributed by atoms with Crippen molar-refractivity contribution in [1.82, 2.24) is 24.6 Å². The Hall–Kier alpha value is -1.47. The second-order valence-electron chi connectivity index (χ2n) is 7.22. The first-order valence-corrected chi connectivity index (χ1v) is 9.22. The maximum atomic E-state index is 11.9. The quantitative estimate of drug-likeness (QED) is 0.803. The highest BCUT2D eigenvalue weighted by atomic mass is 16.2. The van der Waals surface area contributed by atoms with Crippen molar-refractivity contribution in [3.63, 3.8) is 0 Å². The number of nitrogens with zero attached hydrogens (tertiary/aromatic N) is 5. The molecule has 7 heteroatoms. The summed E-state index contributed by atoms with van der Waals surface area (Å²) in [7, 11) is 2.09. The Morgan fingerprint density at radius 2 is 2.08 bits per heavy atom. The van der Waals surface area contributed by atoms with Crippen LogP contribution in [0, 0.1) is 0 Å². The van der Waals surface area contributed by atoms with Crippen LogP contribution in [0.15, 0.2) is 0 Å². The fourth-order valence-corrected chi connectivity index (χ4v) is 3.70. The molecule has 0 atom stereocenters. The average molecular weight is 334 g/mol. The monoisotopic (exact) mass is 334 g/mol. The molecule has 0 radical (unpaired) electrons. The topological polar surface area (TPSA) is 80.3 Å². The molecule has 1 saturated carbocycles. The molecule has 1 aliphatic heterocycles. The van der Waals surface area contributed by atoms with E-state index in [-0.39, 0.29) is 0 Å². The molecule has 2 N–H and O–H groups in total. The van der Waals surface area contributed by atoms with E-state index in [0.29, 0.717) is 24.3 Å². The minimum Gasteiger partial charge on any atom is -0.341 e. The maximum absolute atomic E-state index is 11.9. The van der Waals surface area contributed by atoms with Gasteiger partial charge in [-0.3, -0.25) is 9.69 Å². The van der Waals surface area contributed by atoms with Gasteiger partial charge in [0.1, 0.15) is 11.6 Å². The van der Waals surface area contributed by atoms with Crippen LogP contribution in [0.2, 0.25) is 0 Å². The van der Waals surface area contributed by atoms with Gasteiger partial charge >= 0.3 is 0 Å². The van der Waals surface area contributed by atoms with Gasteiger partial charge < -0.3 is 15.2 Å². The van der Waals surface area contributed by atoms with Crippen molar-refractivity contribution < 1.29 is 4.79 Å². The number of amides is 1. The SMILES string of the molecule is CCn1c(CN(C)CCN2CCCCC2=O)nnc1C1CC(N)C1. The molecule has 1 aromatic rings. The lowest BCUT2D eigenvalue weighted by atomic mass is 9.80. The largest absolute Gasteiger partial charge is 0.341 e. The third-order valence-electron chi connectivity index (χ3n) is 5.30. The van der Waals surface area contributed by atoms with Gasteiger partial charge in [0.15, 0.2) is 0 Å². The van der Waals surface area contributed by atoms with Gasteiger partial charge in [-0.1, -0.05) is 0 Å². The number of likely N-dealkylation sites (N-methyl/N-ethyl adjacent to an activating group) is 1. The summed E-state index contributed by atoms with van der Waals surface area (Å²) in [6, 6.07) is 0.324. The molecule has 3 rings (SSSR count). The fraction of sp³-hybridized carbons (Fsp3) is 0.824. The third-order valence-corrected chi connectivity index (χ3v) is 5.30. The van der Waals surface area contributed by atoms with Gasteiger partial charge in [-0.2, -0.15) is 0 Å². The molecular formula is C17H30N6O. The Bertz CT molecular complexity index is 565. The second-order valence-corrected chi connectivity index (χ2v) is 7.22. The van der Waals surface area contributed by atoms with Crippen molar-refractivity contribution in [1.29, 1.82) is 0 Å². The van der Waals surface area contributed by atoms with E-state index < -0.39 is 0 Å². The molecule has 0 spiro atoms. The summed E-state index contributed by atoms with van der Waals surface area (Å²) in [6.07, 6.45) is 4.92. The normalized spacial score (nSPS) is 24.5. The van der Waals surface area contributed by atoms with Gasteiger partial charge in [0, 0.05) is 44.6 Å². The van der Waals surface area contributed by atoms with Crippen molar-refractivity contribution >= 4 is 5.91 Å². The molecule has 1 aliphatic carbocycles. The molecule has 0 aromatic carbocycles. The molecule has 7 nitrogen and oxygen atoms in total. The molecule has 2 heterocycles. The number of nitrogens with two attached hydrogens (primary N) is 1. The zero-order valence-electron chi connectivity index (χ0n) is 14.9. The van der Waals surface area contributed by atoms with E-state index in [9.17, 15) is 4.79 Å². The van der Waals surface area contributed by atoms with Crippen LogP contribution >= 0.6 is 0 Å². The van der Waals surface area contributed by atoms with Crippen molar-refractivity contribution in [3.05, 3.63) is 11.6 Å². The number of piperidine rings is 1. The maximum Gasteiger partial charge on any atom is 0.222 e. The Balaban J connectivity index is 1.54. The van der Waals surface area contributed by atoms with E-state index >= 15 is 0 Å². The molecular weight excluding hydrogens is 304 g/mol. The van der Waals surface area contributed by atoms with Gasteiger partial charge in [0.25, 0.3) is 0 Å². The van der Waals surface area contributed by atoms with Gasteiger partial charge in [0.2, 0.25) is 5.91 Å². The average Bonchev–Trinajstić information content (AvgIpc) is 2.93. The van der Waals surface area contributed by atoms with E-state index in [4.69, 9.17) is 5.73 Å². The predicted molar refractivity (Wildman–Crippen MR) is 92.4 cm³/mol. The van der Waals surface area contributed by atoms with E-state index in [2.05, 4.69) is 33.6 Å². The molecule has 1 aromatic heterocycles. The summed E-state index contributed by atoms with van der Waals surface area (Å²) in [4.78, 5) is 16.1. The number of carbonyl (C=O) groups is 1. The molecule has 0 bridgehead atoms. The van der Waals surface area contributed by atoms with E-state index in [1.807, 2.05) is 4.90 Å². The number of aromatic nitrogens is 3. The van der Waals surface area contributed by atoms with Crippen molar-refractivity contribution in [2.45, 2.75) is 64.1 Å². The van der Waals surface area contributed by atoms with Crippen LogP contribution in [-0.4, -0.2) is 63.2 Å².